The third-order valence-corrected chi connectivity index (χ3v) is 2.21. The van der Waals surface area contributed by atoms with Gasteiger partial charge in [-0.15, -0.1) is 0 Å². The van der Waals surface area contributed by atoms with Crippen molar-refractivity contribution < 1.29 is 9.90 Å². The summed E-state index contributed by atoms with van der Waals surface area (Å²) in [5, 5.41) is 10.3. The molecule has 0 amide bonds. The molecule has 1 aromatic carbocycles. The van der Waals surface area contributed by atoms with Crippen LogP contribution in [0.15, 0.2) is 24.3 Å². The minimum Gasteiger partial charge on any atom is -0.494 e. The molecule has 1 unspecified atom stereocenters. The predicted octanol–water partition coefficient (Wildman–Crippen LogP) is 1.07. The fraction of sp³-hybridized carbons (Fsp3) is 0.100. The number of fused-ring (bicyclic) bond motifs is 1. The Morgan fingerprint density at radius 3 is 2.86 bits per heavy atom. The van der Waals surface area contributed by atoms with Crippen molar-refractivity contribution in [3.63, 3.8) is 0 Å². The standard InChI is InChI=1S/C10H10N2O2/c11-7(5-13)9-6-3-1-2-4-8(6)12-10(9)14/h1-5,7,12,14H,11H2. The number of hydrogen-bond donors (Lipinski definition) is 3. The van der Waals surface area contributed by atoms with E-state index in [1.165, 1.54) is 0 Å². The van der Waals surface area contributed by atoms with Gasteiger partial charge < -0.3 is 20.6 Å². The zero-order valence-corrected chi connectivity index (χ0v) is 7.40. The SMILES string of the molecule is NC(C=O)c1c(O)[nH]c2ccccc12. The number of aromatic amines is 1. The van der Waals surface area contributed by atoms with Crippen molar-refractivity contribution in [2.24, 2.45) is 5.73 Å². The van der Waals surface area contributed by atoms with Crippen molar-refractivity contribution in [1.82, 2.24) is 4.98 Å². The van der Waals surface area contributed by atoms with Gasteiger partial charge in [-0.3, -0.25) is 0 Å². The van der Waals surface area contributed by atoms with Gasteiger partial charge in [0.15, 0.2) is 5.88 Å². The lowest BCUT2D eigenvalue weighted by atomic mass is 10.1. The molecule has 0 saturated heterocycles. The van der Waals surface area contributed by atoms with Crippen LogP contribution in [0.5, 0.6) is 5.88 Å². The first-order valence-electron chi connectivity index (χ1n) is 4.24. The van der Waals surface area contributed by atoms with Gasteiger partial charge in [-0.25, -0.2) is 0 Å². The van der Waals surface area contributed by atoms with Gasteiger partial charge in [0.05, 0.1) is 6.04 Å². The zero-order valence-electron chi connectivity index (χ0n) is 7.40. The van der Waals surface area contributed by atoms with E-state index in [-0.39, 0.29) is 5.88 Å². The second kappa shape index (κ2) is 3.16. The van der Waals surface area contributed by atoms with Crippen LogP contribution in [0.25, 0.3) is 10.9 Å². The number of carbonyl (C=O) groups is 1. The van der Waals surface area contributed by atoms with Crippen molar-refractivity contribution in [2.45, 2.75) is 6.04 Å². The molecular weight excluding hydrogens is 180 g/mol. The Labute approximate surface area is 80.3 Å². The van der Waals surface area contributed by atoms with E-state index in [0.29, 0.717) is 11.8 Å². The van der Waals surface area contributed by atoms with Crippen molar-refractivity contribution >= 4 is 17.2 Å². The van der Waals surface area contributed by atoms with Crippen LogP contribution in [0.1, 0.15) is 11.6 Å². The molecule has 1 aromatic heterocycles. The first-order chi connectivity index (χ1) is 6.74. The summed E-state index contributed by atoms with van der Waals surface area (Å²) in [5.74, 6) is -0.0363. The lowest BCUT2D eigenvalue weighted by Gasteiger charge is -2.01. The average molecular weight is 190 g/mol. The van der Waals surface area contributed by atoms with Crippen LogP contribution < -0.4 is 5.73 Å². The largest absolute Gasteiger partial charge is 0.494 e. The molecule has 1 atom stereocenters. The molecule has 4 heteroatoms. The number of carbonyl (C=O) groups excluding carboxylic acids is 1. The number of aromatic nitrogens is 1. The molecule has 14 heavy (non-hydrogen) atoms. The normalized spacial score (nSPS) is 12.9. The summed E-state index contributed by atoms with van der Waals surface area (Å²) < 4.78 is 0. The van der Waals surface area contributed by atoms with Crippen LogP contribution in [0.2, 0.25) is 0 Å². The van der Waals surface area contributed by atoms with E-state index in [9.17, 15) is 9.90 Å². The summed E-state index contributed by atoms with van der Waals surface area (Å²) in [6, 6.07) is 6.51. The van der Waals surface area contributed by atoms with Crippen LogP contribution in [0.3, 0.4) is 0 Å². The quantitative estimate of drug-likeness (QED) is 0.620. The lowest BCUT2D eigenvalue weighted by Crippen LogP contribution is -2.10. The molecule has 0 aliphatic rings. The maximum absolute atomic E-state index is 10.5. The molecule has 0 spiro atoms. The molecule has 0 fully saturated rings. The fourth-order valence-corrected chi connectivity index (χ4v) is 1.55. The summed E-state index contributed by atoms with van der Waals surface area (Å²) in [4.78, 5) is 13.3. The van der Waals surface area contributed by atoms with Crippen LogP contribution in [0, 0.1) is 0 Å². The second-order valence-corrected chi connectivity index (χ2v) is 3.09. The third kappa shape index (κ3) is 1.16. The average Bonchev–Trinajstić information content (AvgIpc) is 2.53. The highest BCUT2D eigenvalue weighted by atomic mass is 16.3. The topological polar surface area (TPSA) is 79.1 Å². The Bertz CT molecular complexity index is 476. The van der Waals surface area contributed by atoms with E-state index in [4.69, 9.17) is 5.73 Å². The number of aromatic hydroxyl groups is 1. The van der Waals surface area contributed by atoms with E-state index in [2.05, 4.69) is 4.98 Å². The van der Waals surface area contributed by atoms with E-state index < -0.39 is 6.04 Å². The van der Waals surface area contributed by atoms with Gasteiger partial charge in [-0.05, 0) is 6.07 Å². The van der Waals surface area contributed by atoms with E-state index in [0.717, 1.165) is 10.9 Å². The monoisotopic (exact) mass is 190 g/mol. The van der Waals surface area contributed by atoms with Crippen LogP contribution in [0.4, 0.5) is 0 Å². The number of nitrogens with one attached hydrogen (secondary N) is 1. The molecule has 0 aliphatic heterocycles. The first-order valence-corrected chi connectivity index (χ1v) is 4.24. The highest BCUT2D eigenvalue weighted by Crippen LogP contribution is 2.30. The summed E-state index contributed by atoms with van der Waals surface area (Å²) >= 11 is 0. The zero-order chi connectivity index (χ0) is 10.1. The third-order valence-electron chi connectivity index (χ3n) is 2.21. The van der Waals surface area contributed by atoms with Crippen molar-refractivity contribution in [1.29, 1.82) is 0 Å². The molecule has 72 valence electrons. The van der Waals surface area contributed by atoms with Gasteiger partial charge in [0.2, 0.25) is 0 Å². The van der Waals surface area contributed by atoms with Gasteiger partial charge in [0, 0.05) is 16.5 Å². The Morgan fingerprint density at radius 2 is 2.14 bits per heavy atom. The molecule has 1 heterocycles. The van der Waals surface area contributed by atoms with Crippen molar-refractivity contribution in [3.05, 3.63) is 29.8 Å². The molecular formula is C10H10N2O2. The number of hydrogen-bond acceptors (Lipinski definition) is 3. The minimum absolute atomic E-state index is 0.0363. The maximum atomic E-state index is 10.5. The molecule has 0 saturated carbocycles. The summed E-state index contributed by atoms with van der Waals surface area (Å²) in [6.07, 6.45) is 0.606. The number of nitrogens with two attached hydrogens (primary N) is 1. The first kappa shape index (κ1) is 8.77. The summed E-state index contributed by atoms with van der Waals surface area (Å²) in [6.45, 7) is 0. The maximum Gasteiger partial charge on any atom is 0.194 e. The molecule has 4 N–H and O–H groups in total. The van der Waals surface area contributed by atoms with Gasteiger partial charge >= 0.3 is 0 Å². The lowest BCUT2D eigenvalue weighted by molar-refractivity contribution is -0.109. The highest BCUT2D eigenvalue weighted by molar-refractivity contribution is 5.89. The van der Waals surface area contributed by atoms with Gasteiger partial charge in [-0.1, -0.05) is 18.2 Å². The number of para-hydroxylation sites is 1. The molecule has 2 rings (SSSR count). The van der Waals surface area contributed by atoms with Gasteiger partial charge in [0.1, 0.15) is 6.29 Å². The van der Waals surface area contributed by atoms with E-state index >= 15 is 0 Å². The van der Waals surface area contributed by atoms with Crippen molar-refractivity contribution in [3.8, 4) is 5.88 Å². The Balaban J connectivity index is 2.73. The van der Waals surface area contributed by atoms with Crippen LogP contribution in [-0.4, -0.2) is 16.4 Å². The smallest absolute Gasteiger partial charge is 0.194 e. The molecule has 2 aromatic rings. The summed E-state index contributed by atoms with van der Waals surface area (Å²) in [5.41, 5.74) is 6.79. The van der Waals surface area contributed by atoms with E-state index in [1.807, 2.05) is 24.3 Å². The van der Waals surface area contributed by atoms with Gasteiger partial charge in [0.25, 0.3) is 0 Å². The number of H-pyrrole nitrogens is 1. The Hall–Kier alpha value is -1.81. The van der Waals surface area contributed by atoms with Crippen LogP contribution in [-0.2, 0) is 4.79 Å². The molecule has 0 aliphatic carbocycles. The molecule has 0 bridgehead atoms. The Kier molecular flexibility index (Phi) is 1.98. The summed E-state index contributed by atoms with van der Waals surface area (Å²) in [7, 11) is 0. The van der Waals surface area contributed by atoms with Gasteiger partial charge in [-0.2, -0.15) is 0 Å². The van der Waals surface area contributed by atoms with Crippen molar-refractivity contribution in [2.75, 3.05) is 0 Å². The molecule has 0 radical (unpaired) electrons. The molecule has 4 nitrogen and oxygen atoms in total. The Morgan fingerprint density at radius 1 is 1.43 bits per heavy atom. The van der Waals surface area contributed by atoms with E-state index in [1.54, 1.807) is 0 Å². The van der Waals surface area contributed by atoms with Crippen LogP contribution >= 0.6 is 0 Å². The fourth-order valence-electron chi connectivity index (χ4n) is 1.55. The minimum atomic E-state index is -0.786. The number of benzene rings is 1. The second-order valence-electron chi connectivity index (χ2n) is 3.09. The highest BCUT2D eigenvalue weighted by Gasteiger charge is 2.16. The predicted molar refractivity (Wildman–Crippen MR) is 53.0 cm³/mol. The number of rotatable bonds is 2. The number of aldehydes is 1.